The predicted molar refractivity (Wildman–Crippen MR) is 137 cm³/mol. The second kappa shape index (κ2) is 9.66. The second-order valence-electron chi connectivity index (χ2n) is 9.15. The average molecular weight is 536 g/mol. The zero-order valence-electron chi connectivity index (χ0n) is 20.0. The number of carbonyl (C=O) groups excluding carboxylic acids is 1. The van der Waals surface area contributed by atoms with Gasteiger partial charge in [-0.2, -0.15) is 0 Å². The van der Waals surface area contributed by atoms with Crippen LogP contribution in [0.3, 0.4) is 0 Å². The number of ether oxygens (including phenoxy) is 2. The van der Waals surface area contributed by atoms with E-state index in [0.717, 1.165) is 22.3 Å². The zero-order valence-corrected chi connectivity index (χ0v) is 20.9. The number of hydrogen-bond donors (Lipinski definition) is 4. The first kappa shape index (κ1) is 24.8. The lowest BCUT2D eigenvalue weighted by Gasteiger charge is -2.29. The maximum atomic E-state index is 14.0. The molecule has 0 amide bonds. The normalized spacial score (nSPS) is 23.3. The van der Waals surface area contributed by atoms with Crippen molar-refractivity contribution in [2.75, 3.05) is 18.9 Å². The number of nitrogens with two attached hydrogens (primary N) is 2. The van der Waals surface area contributed by atoms with Crippen LogP contribution in [0.15, 0.2) is 61.2 Å². The van der Waals surface area contributed by atoms with Crippen molar-refractivity contribution >= 4 is 31.5 Å². The van der Waals surface area contributed by atoms with Crippen LogP contribution in [-0.2, 0) is 24.5 Å². The number of aromatic nitrogens is 4. The predicted octanol–water partition coefficient (Wildman–Crippen LogP) is 1.76. The summed E-state index contributed by atoms with van der Waals surface area (Å²) in [6, 6.07) is 16.0. The van der Waals surface area contributed by atoms with Crippen LogP contribution in [0.1, 0.15) is 23.5 Å². The summed E-state index contributed by atoms with van der Waals surface area (Å²) in [5.74, 6) is -0.793. The van der Waals surface area contributed by atoms with Crippen LogP contribution in [-0.4, -0.2) is 60.9 Å². The molecule has 0 bridgehead atoms. The Labute approximate surface area is 218 Å². The Balaban J connectivity index is 1.37. The third-order valence-electron chi connectivity index (χ3n) is 7.08. The Morgan fingerprint density at radius 1 is 1.13 bits per heavy atom. The molecule has 0 saturated carbocycles. The first-order chi connectivity index (χ1) is 18.4. The molecule has 1 unspecified atom stereocenters. The van der Waals surface area contributed by atoms with Crippen LogP contribution < -0.4 is 11.2 Å². The quantitative estimate of drug-likeness (QED) is 0.200. The van der Waals surface area contributed by atoms with Gasteiger partial charge in [-0.05, 0) is 22.3 Å². The van der Waals surface area contributed by atoms with Crippen LogP contribution in [0.25, 0.3) is 22.3 Å². The van der Waals surface area contributed by atoms with Gasteiger partial charge in [0, 0.05) is 12.3 Å². The number of nitrogens with zero attached hydrogens (tertiary/aromatic N) is 4. The maximum absolute atomic E-state index is 14.0. The number of anilines is 1. The van der Waals surface area contributed by atoms with Crippen molar-refractivity contribution in [3.05, 3.63) is 72.3 Å². The molecule has 1 fully saturated rings. The van der Waals surface area contributed by atoms with Crippen molar-refractivity contribution in [1.29, 1.82) is 0 Å². The molecule has 2 aromatic heterocycles. The van der Waals surface area contributed by atoms with E-state index in [1.54, 1.807) is 0 Å². The van der Waals surface area contributed by atoms with Gasteiger partial charge in [0.2, 0.25) is 14.3 Å². The van der Waals surface area contributed by atoms with Gasteiger partial charge in [-0.3, -0.25) is 10.1 Å². The second-order valence-corrected chi connectivity index (χ2v) is 9.96. The van der Waals surface area contributed by atoms with Crippen molar-refractivity contribution in [3.8, 4) is 11.1 Å². The zero-order chi connectivity index (χ0) is 26.4. The van der Waals surface area contributed by atoms with Crippen molar-refractivity contribution in [1.82, 2.24) is 19.5 Å². The minimum atomic E-state index is -2.29. The average Bonchev–Trinajstić information content (AvgIpc) is 3.60. The van der Waals surface area contributed by atoms with Crippen LogP contribution in [0.2, 0.25) is 0 Å². The molecule has 4 atom stereocenters. The Kier molecular flexibility index (Phi) is 6.31. The molecule has 2 aromatic carbocycles. The number of aliphatic hydroxyl groups is 1. The highest BCUT2D eigenvalue weighted by atomic mass is 31.2. The fourth-order valence-corrected chi connectivity index (χ4v) is 5.88. The summed E-state index contributed by atoms with van der Waals surface area (Å²) >= 11 is 0. The topological polar surface area (TPSA) is 181 Å². The molecule has 3 heterocycles. The Morgan fingerprint density at radius 2 is 1.82 bits per heavy atom. The third-order valence-corrected chi connectivity index (χ3v) is 7.56. The van der Waals surface area contributed by atoms with Gasteiger partial charge < -0.3 is 29.7 Å². The lowest BCUT2D eigenvalue weighted by atomic mass is 9.98. The molecule has 4 aromatic rings. The number of aliphatic hydroxyl groups excluding tert-OH is 1. The molecule has 1 saturated heterocycles. The van der Waals surface area contributed by atoms with E-state index in [4.69, 9.17) is 25.2 Å². The van der Waals surface area contributed by atoms with E-state index in [9.17, 15) is 14.8 Å². The number of nitrogen functional groups attached to an aromatic ring is 1. The Morgan fingerprint density at radius 3 is 2.47 bits per heavy atom. The first-order valence-electron chi connectivity index (χ1n) is 11.9. The summed E-state index contributed by atoms with van der Waals surface area (Å²) in [6.07, 6.45) is 0.602. The van der Waals surface area contributed by atoms with E-state index in [1.165, 1.54) is 17.2 Å². The molecule has 2 aliphatic rings. The van der Waals surface area contributed by atoms with Crippen molar-refractivity contribution < 1.29 is 28.8 Å². The molecule has 38 heavy (non-hydrogen) atoms. The Hall–Kier alpha value is -3.51. The number of hydrogen-bond acceptors (Lipinski definition) is 11. The van der Waals surface area contributed by atoms with E-state index in [0.29, 0.717) is 0 Å². The molecule has 6 N–H and O–H groups in total. The Bertz CT molecular complexity index is 1470. The SMILES string of the molecule is Nc1ncnc2c1ncn2[C@@]1(C(=O)OCC2c3ccccc3-c3ccccc32)C[C@H](OP(N)O)[C@@H](CO)O1. The highest BCUT2D eigenvalue weighted by Gasteiger charge is 2.56. The number of rotatable bonds is 7. The van der Waals surface area contributed by atoms with Crippen molar-refractivity contribution in [2.24, 2.45) is 5.50 Å². The first-order valence-corrected chi connectivity index (χ1v) is 13.2. The molecule has 0 radical (unpaired) electrons. The van der Waals surface area contributed by atoms with Gasteiger partial charge >= 0.3 is 5.97 Å². The standard InChI is InChI=1S/C25H25N6O6P/c26-22-21-23(29-12-28-22)31(13-30-21)25(9-19(37-38(27)34)20(10-32)36-25)24(33)35-11-18-16-7-3-1-5-14(16)15-6-2-4-8-17(15)18/h1-8,12-13,18-20,32,34H,9-11,27H2,(H2,26,28,29)/t19-,20+,25-,38?/m0/s1. The number of fused-ring (bicyclic) bond motifs is 4. The van der Waals surface area contributed by atoms with E-state index in [1.807, 2.05) is 48.5 Å². The lowest BCUT2D eigenvalue weighted by Crippen LogP contribution is -2.44. The third kappa shape index (κ3) is 3.93. The van der Waals surface area contributed by atoms with Gasteiger partial charge in [-0.1, -0.05) is 48.5 Å². The molecule has 13 heteroatoms. The van der Waals surface area contributed by atoms with Gasteiger partial charge in [0.15, 0.2) is 11.5 Å². The van der Waals surface area contributed by atoms with Gasteiger partial charge in [0.05, 0.1) is 12.7 Å². The summed E-state index contributed by atoms with van der Waals surface area (Å²) in [6.45, 7) is -0.448. The van der Waals surface area contributed by atoms with Gasteiger partial charge in [0.25, 0.3) is 0 Å². The van der Waals surface area contributed by atoms with Gasteiger partial charge in [-0.25, -0.2) is 19.7 Å². The van der Waals surface area contributed by atoms with Crippen LogP contribution in [0.4, 0.5) is 5.82 Å². The molecule has 0 spiro atoms. The minimum Gasteiger partial charge on any atom is -0.461 e. The van der Waals surface area contributed by atoms with Crippen LogP contribution >= 0.6 is 8.53 Å². The molecular formula is C25H25N6O6P. The minimum absolute atomic E-state index is 0.0423. The van der Waals surface area contributed by atoms with Gasteiger partial charge in [0.1, 0.15) is 30.9 Å². The summed E-state index contributed by atoms with van der Waals surface area (Å²) in [5.41, 5.74) is 14.5. The highest BCUT2D eigenvalue weighted by Crippen LogP contribution is 2.46. The fourth-order valence-electron chi connectivity index (χ4n) is 5.39. The van der Waals surface area contributed by atoms with E-state index >= 15 is 0 Å². The largest absolute Gasteiger partial charge is 0.461 e. The van der Waals surface area contributed by atoms with E-state index in [2.05, 4.69) is 15.0 Å². The number of benzene rings is 2. The molecule has 6 rings (SSSR count). The van der Waals surface area contributed by atoms with Gasteiger partial charge in [-0.15, -0.1) is 0 Å². The molecule has 196 valence electrons. The highest BCUT2D eigenvalue weighted by molar-refractivity contribution is 7.43. The van der Waals surface area contributed by atoms with E-state index in [-0.39, 0.29) is 35.9 Å². The van der Waals surface area contributed by atoms with Crippen molar-refractivity contribution in [2.45, 2.75) is 30.3 Å². The monoisotopic (exact) mass is 536 g/mol. The maximum Gasteiger partial charge on any atom is 0.360 e. The summed E-state index contributed by atoms with van der Waals surface area (Å²) in [7, 11) is -2.29. The molecule has 1 aliphatic heterocycles. The smallest absolute Gasteiger partial charge is 0.360 e. The number of imidazole rings is 1. The molecule has 12 nitrogen and oxygen atoms in total. The summed E-state index contributed by atoms with van der Waals surface area (Å²) < 4.78 is 18.9. The van der Waals surface area contributed by atoms with Crippen molar-refractivity contribution in [3.63, 3.8) is 0 Å². The lowest BCUT2D eigenvalue weighted by molar-refractivity contribution is -0.188. The fraction of sp³-hybridized carbons (Fsp3) is 0.280. The molecule has 1 aliphatic carbocycles. The molecular weight excluding hydrogens is 511 g/mol. The number of esters is 1. The summed E-state index contributed by atoms with van der Waals surface area (Å²) in [4.78, 5) is 36.2. The van der Waals surface area contributed by atoms with Crippen LogP contribution in [0.5, 0.6) is 0 Å². The number of carbonyl (C=O) groups is 1. The van der Waals surface area contributed by atoms with E-state index < -0.39 is 39.0 Å². The summed E-state index contributed by atoms with van der Waals surface area (Å²) in [5, 5.41) is 10.00. The van der Waals surface area contributed by atoms with Crippen LogP contribution in [0, 0.1) is 0 Å².